The van der Waals surface area contributed by atoms with E-state index < -0.39 is 15.4 Å². The number of sulfonamides is 1. The van der Waals surface area contributed by atoms with Crippen LogP contribution in [0.15, 0.2) is 21.3 Å². The minimum absolute atomic E-state index is 0.00261. The van der Waals surface area contributed by atoms with Crippen molar-refractivity contribution in [3.05, 3.63) is 35.4 Å². The molecule has 2 aromatic rings. The number of hydrogen-bond donors (Lipinski definition) is 1. The number of rotatable bonds is 4. The highest BCUT2D eigenvalue weighted by molar-refractivity contribution is 7.88. The summed E-state index contributed by atoms with van der Waals surface area (Å²) < 4.78 is 36.3. The van der Waals surface area contributed by atoms with Gasteiger partial charge in [0.05, 0.1) is 23.5 Å². The fourth-order valence-corrected chi connectivity index (χ4v) is 5.32. The first-order valence-electron chi connectivity index (χ1n) is 8.80. The number of amides is 1. The smallest absolute Gasteiger partial charge is 0.255 e. The Kier molecular flexibility index (Phi) is 4.15. The number of nitrogens with zero attached hydrogens (tertiary/aromatic N) is 3. The van der Waals surface area contributed by atoms with E-state index in [2.05, 4.69) is 15.5 Å². The van der Waals surface area contributed by atoms with Gasteiger partial charge in [0.25, 0.3) is 5.91 Å². The molecule has 2 aromatic heterocycles. The quantitative estimate of drug-likeness (QED) is 0.822. The van der Waals surface area contributed by atoms with Crippen LogP contribution < -0.4 is 5.32 Å². The van der Waals surface area contributed by atoms with Crippen molar-refractivity contribution in [2.24, 2.45) is 5.92 Å². The van der Waals surface area contributed by atoms with Gasteiger partial charge in [-0.2, -0.15) is 4.98 Å². The van der Waals surface area contributed by atoms with Crippen LogP contribution in [0.5, 0.6) is 0 Å². The van der Waals surface area contributed by atoms with Gasteiger partial charge in [-0.3, -0.25) is 4.79 Å². The van der Waals surface area contributed by atoms with Gasteiger partial charge in [-0.15, -0.1) is 0 Å². The zero-order chi connectivity index (χ0) is 19.4. The Labute approximate surface area is 157 Å². The van der Waals surface area contributed by atoms with Crippen LogP contribution in [0.1, 0.15) is 40.7 Å². The molecule has 0 spiro atoms. The predicted octanol–water partition coefficient (Wildman–Crippen LogP) is 1.00. The molecule has 1 saturated carbocycles. The van der Waals surface area contributed by atoms with Gasteiger partial charge >= 0.3 is 0 Å². The Morgan fingerprint density at radius 1 is 1.41 bits per heavy atom. The van der Waals surface area contributed by atoms with Crippen molar-refractivity contribution in [1.82, 2.24) is 19.8 Å². The molecule has 4 rings (SSSR count). The maximum Gasteiger partial charge on any atom is 0.255 e. The average Bonchev–Trinajstić information content (AvgIpc) is 3.29. The summed E-state index contributed by atoms with van der Waals surface area (Å²) in [6.45, 7) is 4.15. The highest BCUT2D eigenvalue weighted by atomic mass is 32.2. The summed E-state index contributed by atoms with van der Waals surface area (Å²) in [6.07, 6.45) is 3.89. The number of hydrogen-bond acceptors (Lipinski definition) is 7. The van der Waals surface area contributed by atoms with E-state index >= 15 is 0 Å². The molecule has 0 unspecified atom stereocenters. The van der Waals surface area contributed by atoms with Crippen LogP contribution in [-0.2, 0) is 15.4 Å². The van der Waals surface area contributed by atoms with Crippen molar-refractivity contribution in [2.45, 2.75) is 38.1 Å². The second kappa shape index (κ2) is 6.16. The molecule has 3 heterocycles. The lowest BCUT2D eigenvalue weighted by molar-refractivity contribution is 0.0933. The lowest BCUT2D eigenvalue weighted by Gasteiger charge is -2.24. The van der Waals surface area contributed by atoms with Gasteiger partial charge in [-0.25, -0.2) is 12.7 Å². The molecule has 1 saturated heterocycles. The van der Waals surface area contributed by atoms with E-state index in [9.17, 15) is 13.2 Å². The minimum Gasteiger partial charge on any atom is -0.469 e. The van der Waals surface area contributed by atoms with Crippen molar-refractivity contribution in [2.75, 3.05) is 19.3 Å². The minimum atomic E-state index is -3.32. The molecule has 10 heteroatoms. The van der Waals surface area contributed by atoms with Crippen molar-refractivity contribution in [1.29, 1.82) is 0 Å². The summed E-state index contributed by atoms with van der Waals surface area (Å²) in [4.78, 5) is 16.9. The largest absolute Gasteiger partial charge is 0.469 e. The van der Waals surface area contributed by atoms with Crippen LogP contribution in [0.2, 0.25) is 0 Å². The molecule has 0 aromatic carbocycles. The van der Waals surface area contributed by atoms with E-state index in [1.807, 2.05) is 0 Å². The van der Waals surface area contributed by atoms with Gasteiger partial charge < -0.3 is 14.3 Å². The third-order valence-corrected chi connectivity index (χ3v) is 6.92. The van der Waals surface area contributed by atoms with Crippen LogP contribution in [-0.4, -0.2) is 54.2 Å². The average molecular weight is 394 g/mol. The Morgan fingerprint density at radius 3 is 2.78 bits per heavy atom. The van der Waals surface area contributed by atoms with Crippen LogP contribution >= 0.6 is 0 Å². The Morgan fingerprint density at radius 2 is 2.19 bits per heavy atom. The van der Waals surface area contributed by atoms with Crippen molar-refractivity contribution >= 4 is 15.9 Å². The summed E-state index contributed by atoms with van der Waals surface area (Å²) in [5, 5.41) is 6.94. The van der Waals surface area contributed by atoms with Crippen LogP contribution in [0.25, 0.3) is 0 Å². The molecule has 146 valence electrons. The van der Waals surface area contributed by atoms with Crippen molar-refractivity contribution < 1.29 is 22.2 Å². The predicted molar refractivity (Wildman–Crippen MR) is 94.6 cm³/mol. The normalized spacial score (nSPS) is 28.4. The first-order chi connectivity index (χ1) is 12.7. The Bertz CT molecular complexity index is 981. The third kappa shape index (κ3) is 3.06. The third-order valence-electron chi connectivity index (χ3n) is 5.70. The highest BCUT2D eigenvalue weighted by Gasteiger charge is 2.59. The molecule has 2 fully saturated rings. The molecule has 1 aliphatic carbocycles. The van der Waals surface area contributed by atoms with E-state index in [-0.39, 0.29) is 24.4 Å². The van der Waals surface area contributed by atoms with Crippen molar-refractivity contribution in [3.8, 4) is 0 Å². The van der Waals surface area contributed by atoms with Gasteiger partial charge in [-0.05, 0) is 38.7 Å². The van der Waals surface area contributed by atoms with Gasteiger partial charge in [0.15, 0.2) is 5.82 Å². The van der Waals surface area contributed by atoms with E-state index in [4.69, 9.17) is 8.94 Å². The molecule has 9 nitrogen and oxygen atoms in total. The zero-order valence-corrected chi connectivity index (χ0v) is 16.2. The SMILES string of the molecule is Cc1noc([C@]23C[C@H](NC(=O)c4ccoc4C)C[C@H]2CN(S(C)(=O)=O)C3)n1. The van der Waals surface area contributed by atoms with E-state index in [0.29, 0.717) is 42.4 Å². The zero-order valence-electron chi connectivity index (χ0n) is 15.4. The fourth-order valence-electron chi connectivity index (χ4n) is 4.40. The fraction of sp³-hybridized carbons (Fsp3) is 0.588. The molecule has 1 aliphatic heterocycles. The summed E-state index contributed by atoms with van der Waals surface area (Å²) in [5.74, 6) is 1.34. The van der Waals surface area contributed by atoms with Gasteiger partial charge in [-0.1, -0.05) is 5.16 Å². The number of furan rings is 1. The molecule has 1 N–H and O–H groups in total. The van der Waals surface area contributed by atoms with Gasteiger partial charge in [0.1, 0.15) is 5.76 Å². The van der Waals surface area contributed by atoms with E-state index in [1.54, 1.807) is 19.9 Å². The number of aromatic nitrogens is 2. The van der Waals surface area contributed by atoms with Crippen molar-refractivity contribution in [3.63, 3.8) is 0 Å². The highest BCUT2D eigenvalue weighted by Crippen LogP contribution is 2.50. The summed E-state index contributed by atoms with van der Waals surface area (Å²) >= 11 is 0. The second-order valence-electron chi connectivity index (χ2n) is 7.56. The lowest BCUT2D eigenvalue weighted by atomic mass is 9.80. The number of nitrogens with one attached hydrogen (secondary N) is 1. The maximum atomic E-state index is 12.5. The van der Waals surface area contributed by atoms with E-state index in [1.165, 1.54) is 16.8 Å². The first-order valence-corrected chi connectivity index (χ1v) is 10.6. The lowest BCUT2D eigenvalue weighted by Crippen LogP contribution is -2.39. The molecule has 1 amide bonds. The molecule has 3 atom stereocenters. The monoisotopic (exact) mass is 394 g/mol. The summed E-state index contributed by atoms with van der Waals surface area (Å²) in [5.41, 5.74) is -0.0687. The number of carbonyl (C=O) groups is 1. The molecule has 2 aliphatic rings. The van der Waals surface area contributed by atoms with E-state index in [0.717, 1.165) is 0 Å². The van der Waals surface area contributed by atoms with Crippen LogP contribution in [0.3, 0.4) is 0 Å². The van der Waals surface area contributed by atoms with Gasteiger partial charge in [0.2, 0.25) is 15.9 Å². The number of aryl methyl sites for hydroxylation is 2. The second-order valence-corrected chi connectivity index (χ2v) is 9.54. The molecule has 27 heavy (non-hydrogen) atoms. The first kappa shape index (κ1) is 18.2. The van der Waals surface area contributed by atoms with Crippen LogP contribution in [0, 0.1) is 19.8 Å². The molecular formula is C17H22N4O5S. The topological polar surface area (TPSA) is 119 Å². The Balaban J connectivity index is 1.59. The van der Waals surface area contributed by atoms with Crippen LogP contribution in [0.4, 0.5) is 0 Å². The number of fused-ring (bicyclic) bond motifs is 1. The standard InChI is InChI=1S/C17H22N4O5S/c1-10-14(4-5-25-10)15(22)19-13-6-12-8-21(27(3,23)24)9-17(12,7-13)16-18-11(2)20-26-16/h4-5,12-13H,6-9H2,1-3H3,(H,19,22)/t12-,13+,17-/m0/s1. The maximum absolute atomic E-state index is 12.5. The summed E-state index contributed by atoms with van der Waals surface area (Å²) in [6, 6.07) is 1.54. The number of carbonyl (C=O) groups excluding carboxylic acids is 1. The van der Waals surface area contributed by atoms with Gasteiger partial charge in [0, 0.05) is 19.1 Å². The Hall–Kier alpha value is -2.20. The molecular weight excluding hydrogens is 372 g/mol. The summed E-state index contributed by atoms with van der Waals surface area (Å²) in [7, 11) is -3.32. The molecule has 0 radical (unpaired) electrons. The molecule has 0 bridgehead atoms.